The van der Waals surface area contributed by atoms with Gasteiger partial charge in [0.25, 0.3) is 0 Å². The first kappa shape index (κ1) is 20.1. The molecule has 1 aliphatic heterocycles. The van der Waals surface area contributed by atoms with Gasteiger partial charge in [-0.15, -0.1) is 0 Å². The first-order chi connectivity index (χ1) is 14.7. The Morgan fingerprint density at radius 1 is 1.20 bits per heavy atom. The quantitative estimate of drug-likeness (QED) is 0.604. The SMILES string of the molecule is CN=C/C(=C\N)c1ccc2cnn(-c3ccnc(N4CCN(CCO)CC4)c3)c2c1. The molecule has 0 atom stereocenters. The summed E-state index contributed by atoms with van der Waals surface area (Å²) in [5.74, 6) is 0.941. The summed E-state index contributed by atoms with van der Waals surface area (Å²) in [6, 6.07) is 10.2. The molecule has 0 radical (unpaired) electrons. The summed E-state index contributed by atoms with van der Waals surface area (Å²) in [4.78, 5) is 13.2. The Labute approximate surface area is 176 Å². The van der Waals surface area contributed by atoms with Crippen molar-refractivity contribution in [3.8, 4) is 5.69 Å². The van der Waals surface area contributed by atoms with Crippen molar-refractivity contribution in [2.45, 2.75) is 0 Å². The second-order valence-electron chi connectivity index (χ2n) is 7.26. The van der Waals surface area contributed by atoms with Gasteiger partial charge < -0.3 is 15.7 Å². The number of hydrogen-bond acceptors (Lipinski definition) is 7. The summed E-state index contributed by atoms with van der Waals surface area (Å²) in [5, 5.41) is 14.8. The van der Waals surface area contributed by atoms with Crippen LogP contribution in [-0.2, 0) is 0 Å². The molecule has 3 N–H and O–H groups in total. The maximum Gasteiger partial charge on any atom is 0.130 e. The van der Waals surface area contributed by atoms with E-state index >= 15 is 0 Å². The van der Waals surface area contributed by atoms with Crippen LogP contribution in [0.4, 0.5) is 5.82 Å². The fourth-order valence-electron chi connectivity index (χ4n) is 3.81. The Hall–Kier alpha value is -3.23. The Bertz CT molecular complexity index is 1060. The highest BCUT2D eigenvalue weighted by Crippen LogP contribution is 2.24. The number of piperazine rings is 1. The minimum absolute atomic E-state index is 0.202. The zero-order valence-electron chi connectivity index (χ0n) is 17.1. The maximum atomic E-state index is 9.13. The summed E-state index contributed by atoms with van der Waals surface area (Å²) in [6.07, 6.45) is 7.02. The summed E-state index contributed by atoms with van der Waals surface area (Å²) >= 11 is 0. The number of anilines is 1. The second-order valence-corrected chi connectivity index (χ2v) is 7.26. The minimum Gasteiger partial charge on any atom is -0.404 e. The molecule has 156 valence electrons. The first-order valence-electron chi connectivity index (χ1n) is 10.1. The van der Waals surface area contributed by atoms with Crippen LogP contribution in [0.5, 0.6) is 0 Å². The zero-order valence-corrected chi connectivity index (χ0v) is 17.1. The molecule has 0 spiro atoms. The number of hydrogen-bond donors (Lipinski definition) is 2. The van der Waals surface area contributed by atoms with E-state index in [-0.39, 0.29) is 6.61 Å². The van der Waals surface area contributed by atoms with Gasteiger partial charge in [0.1, 0.15) is 5.82 Å². The van der Waals surface area contributed by atoms with E-state index in [2.05, 4.69) is 37.0 Å². The van der Waals surface area contributed by atoms with Gasteiger partial charge in [-0.05, 0) is 17.7 Å². The number of fused-ring (bicyclic) bond motifs is 1. The van der Waals surface area contributed by atoms with Crippen molar-refractivity contribution in [1.82, 2.24) is 19.7 Å². The summed E-state index contributed by atoms with van der Waals surface area (Å²) in [6.45, 7) is 4.56. The first-order valence-corrected chi connectivity index (χ1v) is 10.1. The number of benzene rings is 1. The molecule has 30 heavy (non-hydrogen) atoms. The Kier molecular flexibility index (Phi) is 6.06. The molecule has 0 bridgehead atoms. The lowest BCUT2D eigenvalue weighted by Crippen LogP contribution is -2.47. The number of nitrogens with zero attached hydrogens (tertiary/aromatic N) is 6. The number of aliphatic hydroxyl groups excluding tert-OH is 1. The van der Waals surface area contributed by atoms with Gasteiger partial charge in [0.2, 0.25) is 0 Å². The number of aliphatic imine (C=N–C) groups is 1. The van der Waals surface area contributed by atoms with Crippen LogP contribution in [0.1, 0.15) is 5.56 Å². The fraction of sp³-hybridized carbons (Fsp3) is 0.318. The standard InChI is InChI=1S/C22H27N7O/c1-24-15-19(14-23)17-2-3-18-16-26-29(21(18)12-17)20-4-5-25-22(13-20)28-8-6-27(7-9-28)10-11-30/h2-5,12-16,30H,6-11,23H2,1H3/b19-14+,24-15?. The van der Waals surface area contributed by atoms with Crippen molar-refractivity contribution in [2.75, 3.05) is 51.3 Å². The lowest BCUT2D eigenvalue weighted by molar-refractivity contribution is 0.188. The molecule has 8 nitrogen and oxygen atoms in total. The third-order valence-electron chi connectivity index (χ3n) is 5.44. The Morgan fingerprint density at radius 2 is 2.03 bits per heavy atom. The average Bonchev–Trinajstić information content (AvgIpc) is 3.21. The third kappa shape index (κ3) is 4.05. The second kappa shape index (κ2) is 9.06. The molecule has 3 heterocycles. The van der Waals surface area contributed by atoms with Gasteiger partial charge in [-0.25, -0.2) is 9.67 Å². The molecule has 1 saturated heterocycles. The van der Waals surface area contributed by atoms with Crippen LogP contribution in [0, 0.1) is 0 Å². The molecule has 4 rings (SSSR count). The lowest BCUT2D eigenvalue weighted by atomic mass is 10.1. The number of pyridine rings is 1. The lowest BCUT2D eigenvalue weighted by Gasteiger charge is -2.35. The largest absolute Gasteiger partial charge is 0.404 e. The van der Waals surface area contributed by atoms with E-state index in [1.54, 1.807) is 19.5 Å². The van der Waals surface area contributed by atoms with E-state index in [0.717, 1.165) is 66.3 Å². The third-order valence-corrected chi connectivity index (χ3v) is 5.44. The van der Waals surface area contributed by atoms with E-state index in [1.165, 1.54) is 0 Å². The molecule has 1 fully saturated rings. The van der Waals surface area contributed by atoms with Crippen molar-refractivity contribution < 1.29 is 5.11 Å². The van der Waals surface area contributed by atoms with Crippen LogP contribution in [0.3, 0.4) is 0 Å². The van der Waals surface area contributed by atoms with E-state index in [0.29, 0.717) is 0 Å². The minimum atomic E-state index is 0.202. The molecule has 0 amide bonds. The number of rotatable bonds is 6. The Balaban J connectivity index is 1.64. The van der Waals surface area contributed by atoms with Crippen LogP contribution in [0.25, 0.3) is 22.2 Å². The van der Waals surface area contributed by atoms with Crippen molar-refractivity contribution in [2.24, 2.45) is 10.7 Å². The van der Waals surface area contributed by atoms with Crippen LogP contribution in [-0.4, -0.2) is 77.4 Å². The molecule has 0 saturated carbocycles. The molecule has 1 aromatic carbocycles. The number of aromatic nitrogens is 3. The van der Waals surface area contributed by atoms with E-state index in [9.17, 15) is 0 Å². The highest BCUT2D eigenvalue weighted by Gasteiger charge is 2.18. The van der Waals surface area contributed by atoms with Gasteiger partial charge in [-0.1, -0.05) is 12.1 Å². The van der Waals surface area contributed by atoms with E-state index in [4.69, 9.17) is 10.8 Å². The predicted molar refractivity (Wildman–Crippen MR) is 121 cm³/mol. The smallest absolute Gasteiger partial charge is 0.130 e. The van der Waals surface area contributed by atoms with Crippen molar-refractivity contribution in [3.05, 3.63) is 54.5 Å². The van der Waals surface area contributed by atoms with E-state index < -0.39 is 0 Å². The van der Waals surface area contributed by atoms with Crippen LogP contribution < -0.4 is 10.6 Å². The fourth-order valence-corrected chi connectivity index (χ4v) is 3.81. The average molecular weight is 406 g/mol. The van der Waals surface area contributed by atoms with Gasteiger partial charge in [0, 0.05) is 75.4 Å². The number of aliphatic hydroxyl groups is 1. The van der Waals surface area contributed by atoms with Crippen LogP contribution in [0.15, 0.2) is 53.9 Å². The normalized spacial score (nSPS) is 16.1. The van der Waals surface area contributed by atoms with Gasteiger partial charge >= 0.3 is 0 Å². The molecule has 3 aromatic rings. The van der Waals surface area contributed by atoms with Gasteiger partial charge in [0.15, 0.2) is 0 Å². The van der Waals surface area contributed by atoms with Crippen molar-refractivity contribution >= 4 is 28.5 Å². The molecule has 0 aliphatic carbocycles. The predicted octanol–water partition coefficient (Wildman–Crippen LogP) is 1.53. The highest BCUT2D eigenvalue weighted by atomic mass is 16.3. The molecule has 2 aromatic heterocycles. The number of allylic oxidation sites excluding steroid dienone is 1. The van der Waals surface area contributed by atoms with Gasteiger partial charge in [-0.2, -0.15) is 5.10 Å². The monoisotopic (exact) mass is 405 g/mol. The van der Waals surface area contributed by atoms with Gasteiger partial charge in [-0.3, -0.25) is 9.89 Å². The van der Waals surface area contributed by atoms with Gasteiger partial charge in [0.05, 0.1) is 24.0 Å². The maximum absolute atomic E-state index is 9.13. The molecular formula is C22H27N7O. The molecular weight excluding hydrogens is 378 g/mol. The molecule has 8 heteroatoms. The zero-order chi connectivity index (χ0) is 20.9. The number of β-amino-alcohol motifs (C(OH)–C–C–N with tert-alkyl or cyclic N) is 1. The number of nitrogens with two attached hydrogens (primary N) is 1. The van der Waals surface area contributed by atoms with Crippen molar-refractivity contribution in [3.63, 3.8) is 0 Å². The van der Waals surface area contributed by atoms with Crippen LogP contribution in [0.2, 0.25) is 0 Å². The Morgan fingerprint density at radius 3 is 2.77 bits per heavy atom. The van der Waals surface area contributed by atoms with Crippen molar-refractivity contribution in [1.29, 1.82) is 0 Å². The van der Waals surface area contributed by atoms with Crippen LogP contribution >= 0.6 is 0 Å². The summed E-state index contributed by atoms with van der Waals surface area (Å²) in [5.41, 5.74) is 9.61. The van der Waals surface area contributed by atoms with E-state index in [1.807, 2.05) is 35.3 Å². The highest BCUT2D eigenvalue weighted by molar-refractivity contribution is 6.10. The topological polar surface area (TPSA) is 95.8 Å². The molecule has 1 aliphatic rings. The molecule has 0 unspecified atom stereocenters. The summed E-state index contributed by atoms with van der Waals surface area (Å²) in [7, 11) is 1.73. The summed E-state index contributed by atoms with van der Waals surface area (Å²) < 4.78 is 1.93.